The summed E-state index contributed by atoms with van der Waals surface area (Å²) in [6.07, 6.45) is 0. The first-order valence-corrected chi connectivity index (χ1v) is 7.66. The van der Waals surface area contributed by atoms with Crippen LogP contribution in [-0.2, 0) is 11.3 Å². The minimum Gasteiger partial charge on any atom is -0.324 e. The Hall–Kier alpha value is -1.84. The van der Waals surface area contributed by atoms with Gasteiger partial charge in [0.2, 0.25) is 5.91 Å². The molecule has 0 aliphatic carbocycles. The van der Waals surface area contributed by atoms with Crippen LogP contribution in [0.3, 0.4) is 0 Å². The standard InChI is InChI=1S/C18H21ClN2O/c1-13-7-4-5-10-17(13)20-18(22)14(2)21(3)12-15-8-6-9-16(19)11-15/h4-11,14H,12H2,1-3H3,(H,20,22). The van der Waals surface area contributed by atoms with Gasteiger partial charge in [-0.1, -0.05) is 41.9 Å². The van der Waals surface area contributed by atoms with E-state index in [1.165, 1.54) is 0 Å². The lowest BCUT2D eigenvalue weighted by molar-refractivity contribution is -0.120. The minimum atomic E-state index is -0.237. The summed E-state index contributed by atoms with van der Waals surface area (Å²) in [6, 6.07) is 15.2. The number of hydrogen-bond acceptors (Lipinski definition) is 2. The summed E-state index contributed by atoms with van der Waals surface area (Å²) in [5.74, 6) is -0.0150. The van der Waals surface area contributed by atoms with Crippen LogP contribution in [0.4, 0.5) is 5.69 Å². The van der Waals surface area contributed by atoms with Crippen molar-refractivity contribution in [1.29, 1.82) is 0 Å². The van der Waals surface area contributed by atoms with Gasteiger partial charge in [-0.3, -0.25) is 9.69 Å². The lowest BCUT2D eigenvalue weighted by atomic mass is 10.1. The summed E-state index contributed by atoms with van der Waals surface area (Å²) in [5.41, 5.74) is 3.00. The number of halogens is 1. The SMILES string of the molecule is Cc1ccccc1NC(=O)C(C)N(C)Cc1cccc(Cl)c1. The van der Waals surface area contributed by atoms with Gasteiger partial charge in [0.15, 0.2) is 0 Å². The molecular formula is C18H21ClN2O. The Labute approximate surface area is 136 Å². The molecule has 22 heavy (non-hydrogen) atoms. The van der Waals surface area contributed by atoms with E-state index in [-0.39, 0.29) is 11.9 Å². The number of carbonyl (C=O) groups is 1. The summed E-state index contributed by atoms with van der Waals surface area (Å²) < 4.78 is 0. The van der Waals surface area contributed by atoms with E-state index >= 15 is 0 Å². The predicted molar refractivity (Wildman–Crippen MR) is 92.2 cm³/mol. The molecule has 4 heteroatoms. The number of carbonyl (C=O) groups excluding carboxylic acids is 1. The number of nitrogens with zero attached hydrogens (tertiary/aromatic N) is 1. The Balaban J connectivity index is 1.99. The zero-order chi connectivity index (χ0) is 16.1. The van der Waals surface area contributed by atoms with Gasteiger partial charge in [-0.2, -0.15) is 0 Å². The lowest BCUT2D eigenvalue weighted by Crippen LogP contribution is -2.39. The number of benzene rings is 2. The van der Waals surface area contributed by atoms with Crippen LogP contribution in [-0.4, -0.2) is 23.9 Å². The highest BCUT2D eigenvalue weighted by atomic mass is 35.5. The lowest BCUT2D eigenvalue weighted by Gasteiger charge is -2.24. The number of nitrogens with one attached hydrogen (secondary N) is 1. The van der Waals surface area contributed by atoms with Crippen LogP contribution < -0.4 is 5.32 Å². The molecule has 1 N–H and O–H groups in total. The Morgan fingerprint density at radius 2 is 1.95 bits per heavy atom. The summed E-state index contributed by atoms with van der Waals surface area (Å²) in [6.45, 7) is 4.55. The summed E-state index contributed by atoms with van der Waals surface area (Å²) in [7, 11) is 1.93. The fraction of sp³-hybridized carbons (Fsp3) is 0.278. The third-order valence-electron chi connectivity index (χ3n) is 3.76. The molecule has 0 aliphatic rings. The third kappa shape index (κ3) is 4.33. The third-order valence-corrected chi connectivity index (χ3v) is 4.00. The van der Waals surface area contributed by atoms with Gasteiger partial charge in [-0.05, 0) is 50.2 Å². The number of hydrogen-bond donors (Lipinski definition) is 1. The van der Waals surface area contributed by atoms with Crippen LogP contribution in [0.2, 0.25) is 5.02 Å². The van der Waals surface area contributed by atoms with Crippen LogP contribution in [0.1, 0.15) is 18.1 Å². The van der Waals surface area contributed by atoms with Crippen molar-refractivity contribution < 1.29 is 4.79 Å². The van der Waals surface area contributed by atoms with Gasteiger partial charge in [0.05, 0.1) is 6.04 Å². The number of aryl methyl sites for hydroxylation is 1. The topological polar surface area (TPSA) is 32.3 Å². The smallest absolute Gasteiger partial charge is 0.241 e. The van der Waals surface area contributed by atoms with Crippen LogP contribution in [0, 0.1) is 6.92 Å². The molecule has 0 aromatic heterocycles. The monoisotopic (exact) mass is 316 g/mol. The van der Waals surface area contributed by atoms with Gasteiger partial charge in [-0.25, -0.2) is 0 Å². The molecule has 3 nitrogen and oxygen atoms in total. The molecule has 0 saturated carbocycles. The maximum Gasteiger partial charge on any atom is 0.241 e. The molecule has 0 aliphatic heterocycles. The Morgan fingerprint density at radius 1 is 1.23 bits per heavy atom. The summed E-state index contributed by atoms with van der Waals surface area (Å²) >= 11 is 6.00. The maximum atomic E-state index is 12.4. The number of para-hydroxylation sites is 1. The molecule has 0 saturated heterocycles. The van der Waals surface area contributed by atoms with Crippen molar-refractivity contribution in [2.24, 2.45) is 0 Å². The summed E-state index contributed by atoms with van der Waals surface area (Å²) in [5, 5.41) is 3.69. The molecule has 1 atom stereocenters. The van der Waals surface area contributed by atoms with Crippen molar-refractivity contribution in [1.82, 2.24) is 4.90 Å². The van der Waals surface area contributed by atoms with Crippen molar-refractivity contribution in [3.8, 4) is 0 Å². The van der Waals surface area contributed by atoms with E-state index < -0.39 is 0 Å². The predicted octanol–water partition coefficient (Wildman–Crippen LogP) is 4.11. The van der Waals surface area contributed by atoms with Crippen molar-refractivity contribution in [3.05, 3.63) is 64.7 Å². The molecule has 1 unspecified atom stereocenters. The van der Waals surface area contributed by atoms with Gasteiger partial charge >= 0.3 is 0 Å². The highest BCUT2D eigenvalue weighted by molar-refractivity contribution is 6.30. The zero-order valence-corrected chi connectivity index (χ0v) is 13.9. The van der Waals surface area contributed by atoms with Gasteiger partial charge < -0.3 is 5.32 Å². The Kier molecular flexibility index (Phi) is 5.58. The highest BCUT2D eigenvalue weighted by Gasteiger charge is 2.18. The van der Waals surface area contributed by atoms with E-state index in [1.54, 1.807) is 0 Å². The van der Waals surface area contributed by atoms with E-state index in [1.807, 2.05) is 74.3 Å². The molecule has 2 aromatic carbocycles. The number of rotatable bonds is 5. The van der Waals surface area contributed by atoms with Crippen LogP contribution in [0.25, 0.3) is 0 Å². The van der Waals surface area contributed by atoms with Gasteiger partial charge in [0.1, 0.15) is 0 Å². The van der Waals surface area contributed by atoms with Crippen molar-refractivity contribution in [2.45, 2.75) is 26.4 Å². The second kappa shape index (κ2) is 7.43. The van der Waals surface area contributed by atoms with Crippen molar-refractivity contribution >= 4 is 23.2 Å². The molecule has 0 heterocycles. The second-order valence-corrected chi connectivity index (χ2v) is 5.96. The molecule has 2 aromatic rings. The molecule has 0 radical (unpaired) electrons. The number of likely N-dealkylation sites (N-methyl/N-ethyl adjacent to an activating group) is 1. The first kappa shape index (κ1) is 16.5. The van der Waals surface area contributed by atoms with E-state index in [4.69, 9.17) is 11.6 Å². The van der Waals surface area contributed by atoms with Crippen LogP contribution in [0.15, 0.2) is 48.5 Å². The fourth-order valence-corrected chi connectivity index (χ4v) is 2.42. The molecule has 2 rings (SSSR count). The van der Waals surface area contributed by atoms with Gasteiger partial charge in [0.25, 0.3) is 0 Å². The normalized spacial score (nSPS) is 12.2. The molecule has 0 spiro atoms. The summed E-state index contributed by atoms with van der Waals surface area (Å²) in [4.78, 5) is 14.4. The maximum absolute atomic E-state index is 12.4. The van der Waals surface area contributed by atoms with E-state index in [0.29, 0.717) is 11.6 Å². The average Bonchev–Trinajstić information content (AvgIpc) is 2.48. The largest absolute Gasteiger partial charge is 0.324 e. The molecule has 0 fully saturated rings. The number of amides is 1. The van der Waals surface area contributed by atoms with Gasteiger partial charge in [-0.15, -0.1) is 0 Å². The minimum absolute atomic E-state index is 0.0150. The van der Waals surface area contributed by atoms with E-state index in [0.717, 1.165) is 16.8 Å². The second-order valence-electron chi connectivity index (χ2n) is 5.53. The van der Waals surface area contributed by atoms with E-state index in [9.17, 15) is 4.79 Å². The Bertz CT molecular complexity index is 657. The average molecular weight is 317 g/mol. The molecular weight excluding hydrogens is 296 g/mol. The Morgan fingerprint density at radius 3 is 2.64 bits per heavy atom. The first-order chi connectivity index (χ1) is 10.5. The van der Waals surface area contributed by atoms with Crippen molar-refractivity contribution in [2.75, 3.05) is 12.4 Å². The van der Waals surface area contributed by atoms with Gasteiger partial charge in [0, 0.05) is 17.3 Å². The van der Waals surface area contributed by atoms with Crippen molar-refractivity contribution in [3.63, 3.8) is 0 Å². The molecule has 0 bridgehead atoms. The molecule has 1 amide bonds. The number of anilines is 1. The quantitative estimate of drug-likeness (QED) is 0.900. The molecule has 116 valence electrons. The zero-order valence-electron chi connectivity index (χ0n) is 13.1. The fourth-order valence-electron chi connectivity index (χ4n) is 2.21. The van der Waals surface area contributed by atoms with Crippen LogP contribution >= 0.6 is 11.6 Å². The van der Waals surface area contributed by atoms with E-state index in [2.05, 4.69) is 5.32 Å². The van der Waals surface area contributed by atoms with Crippen LogP contribution in [0.5, 0.6) is 0 Å². The highest BCUT2D eigenvalue weighted by Crippen LogP contribution is 2.16. The first-order valence-electron chi connectivity index (χ1n) is 7.28.